The van der Waals surface area contributed by atoms with Crippen molar-refractivity contribution in [2.75, 3.05) is 14.2 Å². The molecular formula is C17H14ClN3O4S. The molecule has 2 aromatic heterocycles. The molecule has 0 amide bonds. The minimum atomic E-state index is -0.736. The largest absolute Gasteiger partial charge is 0.495 e. The van der Waals surface area contributed by atoms with Gasteiger partial charge >= 0.3 is 5.97 Å². The van der Waals surface area contributed by atoms with Crippen molar-refractivity contribution in [2.45, 2.75) is 6.92 Å². The highest BCUT2D eigenvalue weighted by Gasteiger charge is 2.24. The predicted octanol–water partition coefficient (Wildman–Crippen LogP) is 3.20. The summed E-state index contributed by atoms with van der Waals surface area (Å²) in [7, 11) is 2.73. The molecule has 0 bridgehead atoms. The van der Waals surface area contributed by atoms with Gasteiger partial charge in [-0.1, -0.05) is 23.7 Å². The number of pyridine rings is 1. The maximum atomic E-state index is 12.6. The lowest BCUT2D eigenvalue weighted by molar-refractivity contribution is 0.0603. The van der Waals surface area contributed by atoms with E-state index in [1.54, 1.807) is 31.2 Å². The van der Waals surface area contributed by atoms with E-state index in [1.165, 1.54) is 18.8 Å². The summed E-state index contributed by atoms with van der Waals surface area (Å²) >= 11 is 11.6. The molecule has 0 aliphatic rings. The van der Waals surface area contributed by atoms with Crippen molar-refractivity contribution >= 4 is 40.8 Å². The predicted molar refractivity (Wildman–Crippen MR) is 100 cm³/mol. The van der Waals surface area contributed by atoms with Crippen LogP contribution < -0.4 is 10.3 Å². The number of aromatic amines is 1. The van der Waals surface area contributed by atoms with E-state index in [-0.39, 0.29) is 26.4 Å². The molecule has 26 heavy (non-hydrogen) atoms. The van der Waals surface area contributed by atoms with Crippen LogP contribution in [0.5, 0.6) is 5.75 Å². The zero-order valence-corrected chi connectivity index (χ0v) is 15.7. The number of nitrogens with zero attached hydrogens (tertiary/aromatic N) is 2. The van der Waals surface area contributed by atoms with Gasteiger partial charge in [-0.15, -0.1) is 0 Å². The average Bonchev–Trinajstić information content (AvgIpc) is 2.63. The topological polar surface area (TPSA) is 86.2 Å². The zero-order chi connectivity index (χ0) is 19.0. The summed E-state index contributed by atoms with van der Waals surface area (Å²) in [6.07, 6.45) is 0. The number of aromatic nitrogens is 3. The summed E-state index contributed by atoms with van der Waals surface area (Å²) in [5.41, 5.74) is 0.475. The Morgan fingerprint density at radius 1 is 1.31 bits per heavy atom. The van der Waals surface area contributed by atoms with Crippen LogP contribution in [0.2, 0.25) is 5.02 Å². The van der Waals surface area contributed by atoms with Crippen LogP contribution in [0.4, 0.5) is 0 Å². The monoisotopic (exact) mass is 391 g/mol. The first-order valence-corrected chi connectivity index (χ1v) is 8.26. The molecular weight excluding hydrogens is 378 g/mol. The van der Waals surface area contributed by atoms with Crippen molar-refractivity contribution in [3.63, 3.8) is 0 Å². The number of nitrogens with one attached hydrogen (secondary N) is 1. The molecule has 9 heteroatoms. The van der Waals surface area contributed by atoms with Gasteiger partial charge in [-0.3, -0.25) is 14.3 Å². The summed E-state index contributed by atoms with van der Waals surface area (Å²) in [5, 5.41) is 0.0468. The van der Waals surface area contributed by atoms with Crippen LogP contribution in [0, 0.1) is 11.7 Å². The van der Waals surface area contributed by atoms with Gasteiger partial charge in [-0.2, -0.15) is 0 Å². The lowest BCUT2D eigenvalue weighted by Crippen LogP contribution is -2.20. The van der Waals surface area contributed by atoms with Gasteiger partial charge in [-0.25, -0.2) is 9.78 Å². The normalized spacial score (nSPS) is 10.8. The number of ether oxygens (including phenoxy) is 2. The summed E-state index contributed by atoms with van der Waals surface area (Å²) in [6, 6.07) is 7.10. The van der Waals surface area contributed by atoms with E-state index in [0.29, 0.717) is 17.1 Å². The molecule has 3 rings (SSSR count). The molecule has 1 N–H and O–H groups in total. The number of aryl methyl sites for hydroxylation is 1. The molecule has 0 unspecified atom stereocenters. The summed E-state index contributed by atoms with van der Waals surface area (Å²) in [4.78, 5) is 31.8. The molecule has 0 atom stereocenters. The van der Waals surface area contributed by atoms with Gasteiger partial charge < -0.3 is 9.47 Å². The number of carbonyl (C=O) groups excluding carboxylic acids is 1. The molecule has 1 aromatic carbocycles. The Kier molecular flexibility index (Phi) is 4.80. The quantitative estimate of drug-likeness (QED) is 0.545. The van der Waals surface area contributed by atoms with Crippen LogP contribution in [0.15, 0.2) is 29.1 Å². The van der Waals surface area contributed by atoms with Crippen molar-refractivity contribution in [3.8, 4) is 11.4 Å². The van der Waals surface area contributed by atoms with E-state index in [2.05, 4.69) is 9.97 Å². The number of halogens is 1. The number of hydrogen-bond acceptors (Lipinski definition) is 6. The van der Waals surface area contributed by atoms with Crippen molar-refractivity contribution in [1.29, 1.82) is 0 Å². The van der Waals surface area contributed by atoms with Gasteiger partial charge in [0.05, 0.1) is 41.6 Å². The van der Waals surface area contributed by atoms with Gasteiger partial charge in [0.2, 0.25) is 0 Å². The van der Waals surface area contributed by atoms with Gasteiger partial charge in [0.1, 0.15) is 5.75 Å². The van der Waals surface area contributed by atoms with E-state index < -0.39 is 11.5 Å². The highest BCUT2D eigenvalue weighted by molar-refractivity contribution is 7.71. The van der Waals surface area contributed by atoms with Crippen LogP contribution in [-0.4, -0.2) is 34.7 Å². The Morgan fingerprint density at radius 3 is 2.65 bits per heavy atom. The van der Waals surface area contributed by atoms with Crippen molar-refractivity contribution < 1.29 is 14.3 Å². The molecule has 2 heterocycles. The number of fused-ring (bicyclic) bond motifs is 1. The van der Waals surface area contributed by atoms with Crippen LogP contribution >= 0.6 is 23.8 Å². The molecule has 0 fully saturated rings. The number of hydrogen-bond donors (Lipinski definition) is 1. The second-order valence-electron chi connectivity index (χ2n) is 5.34. The maximum absolute atomic E-state index is 12.6. The number of rotatable bonds is 3. The molecule has 0 aliphatic heterocycles. The van der Waals surface area contributed by atoms with Crippen molar-refractivity contribution in [1.82, 2.24) is 14.5 Å². The van der Waals surface area contributed by atoms with Crippen LogP contribution in [0.3, 0.4) is 0 Å². The first kappa shape index (κ1) is 18.1. The zero-order valence-electron chi connectivity index (χ0n) is 14.1. The number of para-hydroxylation sites is 2. The first-order chi connectivity index (χ1) is 12.4. The van der Waals surface area contributed by atoms with Gasteiger partial charge in [-0.05, 0) is 31.3 Å². The van der Waals surface area contributed by atoms with Crippen LogP contribution in [-0.2, 0) is 4.74 Å². The van der Waals surface area contributed by atoms with E-state index in [0.717, 1.165) is 0 Å². The molecule has 0 aliphatic carbocycles. The fraction of sp³-hybridized carbons (Fsp3) is 0.176. The van der Waals surface area contributed by atoms with Crippen molar-refractivity contribution in [2.24, 2.45) is 0 Å². The molecule has 134 valence electrons. The lowest BCUT2D eigenvalue weighted by Gasteiger charge is -2.16. The molecule has 0 saturated carbocycles. The number of carbonyl (C=O) groups is 1. The van der Waals surface area contributed by atoms with Crippen LogP contribution in [0.1, 0.15) is 16.1 Å². The van der Waals surface area contributed by atoms with E-state index in [4.69, 9.17) is 33.3 Å². The van der Waals surface area contributed by atoms with E-state index in [9.17, 15) is 9.59 Å². The minimum Gasteiger partial charge on any atom is -0.495 e. The van der Waals surface area contributed by atoms with Gasteiger partial charge in [0.15, 0.2) is 10.4 Å². The summed E-state index contributed by atoms with van der Waals surface area (Å²) in [5.74, 6) is -0.217. The number of benzene rings is 1. The Morgan fingerprint density at radius 2 is 2.00 bits per heavy atom. The Bertz CT molecular complexity index is 1150. The molecule has 3 aromatic rings. The molecule has 0 saturated heterocycles. The van der Waals surface area contributed by atoms with Gasteiger partial charge in [0, 0.05) is 0 Å². The molecule has 7 nitrogen and oxygen atoms in total. The smallest absolute Gasteiger partial charge is 0.340 e. The summed E-state index contributed by atoms with van der Waals surface area (Å²) < 4.78 is 11.8. The molecule has 0 radical (unpaired) electrons. The second-order valence-corrected chi connectivity index (χ2v) is 6.11. The summed E-state index contributed by atoms with van der Waals surface area (Å²) in [6.45, 7) is 1.63. The fourth-order valence-corrected chi connectivity index (χ4v) is 3.18. The Hall–Kier alpha value is -2.71. The van der Waals surface area contributed by atoms with E-state index >= 15 is 0 Å². The number of esters is 1. The van der Waals surface area contributed by atoms with Gasteiger partial charge in [0.25, 0.3) is 5.56 Å². The highest BCUT2D eigenvalue weighted by atomic mass is 35.5. The van der Waals surface area contributed by atoms with Crippen molar-refractivity contribution in [3.05, 3.63) is 55.7 Å². The SMILES string of the molecule is COC(=O)c1c(Cl)c(C)nc2c1c(=O)[nH]c(=S)n2-c1ccccc1OC. The fourth-order valence-electron chi connectivity index (χ4n) is 2.69. The third-order valence-corrected chi connectivity index (χ3v) is 4.61. The Balaban J connectivity index is 2.58. The number of methoxy groups -OCH3 is 2. The highest BCUT2D eigenvalue weighted by Crippen LogP contribution is 2.29. The van der Waals surface area contributed by atoms with E-state index in [1.807, 2.05) is 0 Å². The molecule has 0 spiro atoms. The van der Waals surface area contributed by atoms with Crippen LogP contribution in [0.25, 0.3) is 16.7 Å². The third-order valence-electron chi connectivity index (χ3n) is 3.86. The average molecular weight is 392 g/mol. The third kappa shape index (κ3) is 2.77. The minimum absolute atomic E-state index is 0.00745. The Labute approximate surface area is 158 Å². The number of H-pyrrole nitrogens is 1. The lowest BCUT2D eigenvalue weighted by atomic mass is 10.1. The standard InChI is InChI=1S/C17H14ClN3O4S/c1-8-13(18)11(16(23)25-3)12-14(19-8)21(17(26)20-15(12)22)9-6-4-5-7-10(9)24-2/h4-7H,1-3H3,(H,20,22,26). The maximum Gasteiger partial charge on any atom is 0.340 e. The second kappa shape index (κ2) is 6.89. The first-order valence-electron chi connectivity index (χ1n) is 7.47.